The molecule has 4 aromatic rings. The van der Waals surface area contributed by atoms with Crippen LogP contribution in [0.15, 0.2) is 71.7 Å². The molecule has 106 valence electrons. The molecule has 0 bridgehead atoms. The number of hydrogen-bond donors (Lipinski definition) is 0. The maximum absolute atomic E-state index is 5.09. The molecule has 1 aromatic carbocycles. The lowest BCUT2D eigenvalue weighted by molar-refractivity contribution is 0.567. The van der Waals surface area contributed by atoms with Gasteiger partial charge in [-0.25, -0.2) is 9.97 Å². The standard InChI is InChI=1S/C18H13N3O/c1-2-6-16-15(5-1)20-18(9-8-14-10-12-22-13-14)21(16)17-7-3-4-11-19-17/h1-13H/b9-8+. The van der Waals surface area contributed by atoms with Gasteiger partial charge in [-0.05, 0) is 42.5 Å². The molecular weight excluding hydrogens is 274 g/mol. The van der Waals surface area contributed by atoms with E-state index in [1.54, 1.807) is 18.7 Å². The zero-order chi connectivity index (χ0) is 14.8. The second-order valence-electron chi connectivity index (χ2n) is 4.87. The van der Waals surface area contributed by atoms with Crippen LogP contribution in [0.1, 0.15) is 11.4 Å². The zero-order valence-electron chi connectivity index (χ0n) is 11.8. The summed E-state index contributed by atoms with van der Waals surface area (Å²) in [7, 11) is 0. The Kier molecular flexibility index (Phi) is 3.05. The Balaban J connectivity index is 1.90. The Morgan fingerprint density at radius 1 is 0.955 bits per heavy atom. The van der Waals surface area contributed by atoms with Gasteiger partial charge in [-0.2, -0.15) is 0 Å². The van der Waals surface area contributed by atoms with E-state index in [-0.39, 0.29) is 0 Å². The van der Waals surface area contributed by atoms with E-state index in [4.69, 9.17) is 9.40 Å². The van der Waals surface area contributed by atoms with Crippen LogP contribution in [0.25, 0.3) is 29.0 Å². The Morgan fingerprint density at radius 3 is 2.68 bits per heavy atom. The maximum Gasteiger partial charge on any atom is 0.139 e. The molecule has 22 heavy (non-hydrogen) atoms. The van der Waals surface area contributed by atoms with E-state index in [1.165, 1.54) is 0 Å². The smallest absolute Gasteiger partial charge is 0.139 e. The van der Waals surface area contributed by atoms with Crippen LogP contribution in [0.4, 0.5) is 0 Å². The van der Waals surface area contributed by atoms with Crippen molar-refractivity contribution in [1.82, 2.24) is 14.5 Å². The van der Waals surface area contributed by atoms with Crippen molar-refractivity contribution in [3.8, 4) is 5.82 Å². The van der Waals surface area contributed by atoms with Gasteiger partial charge in [-0.3, -0.25) is 4.57 Å². The lowest BCUT2D eigenvalue weighted by Gasteiger charge is -2.05. The summed E-state index contributed by atoms with van der Waals surface area (Å²) in [5, 5.41) is 0. The van der Waals surface area contributed by atoms with Crippen LogP contribution in [0.5, 0.6) is 0 Å². The van der Waals surface area contributed by atoms with Crippen molar-refractivity contribution >= 4 is 23.2 Å². The van der Waals surface area contributed by atoms with Crippen molar-refractivity contribution in [3.63, 3.8) is 0 Å². The highest BCUT2D eigenvalue weighted by molar-refractivity contribution is 5.81. The number of nitrogens with zero attached hydrogens (tertiary/aromatic N) is 3. The third kappa shape index (κ3) is 2.20. The van der Waals surface area contributed by atoms with Gasteiger partial charge in [0.25, 0.3) is 0 Å². The van der Waals surface area contributed by atoms with E-state index < -0.39 is 0 Å². The van der Waals surface area contributed by atoms with Crippen LogP contribution in [0, 0.1) is 0 Å². The number of aromatic nitrogens is 3. The fourth-order valence-electron chi connectivity index (χ4n) is 2.42. The molecule has 0 spiro atoms. The summed E-state index contributed by atoms with van der Waals surface area (Å²) in [6, 6.07) is 15.8. The molecule has 0 unspecified atom stereocenters. The minimum Gasteiger partial charge on any atom is -0.472 e. The highest BCUT2D eigenvalue weighted by atomic mass is 16.3. The number of fused-ring (bicyclic) bond motifs is 1. The summed E-state index contributed by atoms with van der Waals surface area (Å²) in [5.74, 6) is 1.68. The number of hydrogen-bond acceptors (Lipinski definition) is 3. The minimum atomic E-state index is 0.834. The minimum absolute atomic E-state index is 0.834. The summed E-state index contributed by atoms with van der Waals surface area (Å²) in [6.07, 6.45) is 9.09. The molecule has 0 radical (unpaired) electrons. The predicted octanol–water partition coefficient (Wildman–Crippen LogP) is 4.18. The highest BCUT2D eigenvalue weighted by Gasteiger charge is 2.10. The third-order valence-corrected chi connectivity index (χ3v) is 3.43. The quantitative estimate of drug-likeness (QED) is 0.567. The first-order valence-electron chi connectivity index (χ1n) is 7.01. The van der Waals surface area contributed by atoms with E-state index in [0.717, 1.165) is 28.2 Å². The average Bonchev–Trinajstić information content (AvgIpc) is 3.21. The molecular formula is C18H13N3O. The van der Waals surface area contributed by atoms with Gasteiger partial charge >= 0.3 is 0 Å². The summed E-state index contributed by atoms with van der Waals surface area (Å²) < 4.78 is 7.13. The summed E-state index contributed by atoms with van der Waals surface area (Å²) >= 11 is 0. The van der Waals surface area contributed by atoms with E-state index in [1.807, 2.05) is 65.3 Å². The van der Waals surface area contributed by atoms with Crippen LogP contribution < -0.4 is 0 Å². The fraction of sp³-hybridized carbons (Fsp3) is 0. The Bertz CT molecular complexity index is 922. The number of para-hydroxylation sites is 2. The van der Waals surface area contributed by atoms with Gasteiger partial charge in [0.2, 0.25) is 0 Å². The molecule has 4 nitrogen and oxygen atoms in total. The zero-order valence-corrected chi connectivity index (χ0v) is 11.8. The largest absolute Gasteiger partial charge is 0.472 e. The first-order chi connectivity index (χ1) is 10.9. The van der Waals surface area contributed by atoms with Crippen LogP contribution >= 0.6 is 0 Å². The normalized spacial score (nSPS) is 11.5. The van der Waals surface area contributed by atoms with E-state index >= 15 is 0 Å². The number of benzene rings is 1. The lowest BCUT2D eigenvalue weighted by Crippen LogP contribution is -1.99. The monoisotopic (exact) mass is 287 g/mol. The van der Waals surface area contributed by atoms with Gasteiger partial charge < -0.3 is 4.42 Å². The number of imidazole rings is 1. The molecule has 0 fully saturated rings. The van der Waals surface area contributed by atoms with Crippen LogP contribution in [-0.2, 0) is 0 Å². The van der Waals surface area contributed by atoms with Gasteiger partial charge in [-0.15, -0.1) is 0 Å². The van der Waals surface area contributed by atoms with Crippen LogP contribution in [-0.4, -0.2) is 14.5 Å². The summed E-state index contributed by atoms with van der Waals surface area (Å²) in [4.78, 5) is 9.14. The Hall–Kier alpha value is -3.14. The Labute approximate surface area is 127 Å². The third-order valence-electron chi connectivity index (χ3n) is 3.43. The van der Waals surface area contributed by atoms with Gasteiger partial charge in [0.1, 0.15) is 11.6 Å². The molecule has 4 rings (SSSR count). The Morgan fingerprint density at radius 2 is 1.86 bits per heavy atom. The van der Waals surface area contributed by atoms with Crippen LogP contribution in [0.2, 0.25) is 0 Å². The number of furan rings is 1. The van der Waals surface area contributed by atoms with Crippen molar-refractivity contribution in [3.05, 3.63) is 78.6 Å². The molecule has 0 aliphatic rings. The SMILES string of the molecule is C(=C\c1nc2ccccc2n1-c1ccccn1)/c1ccoc1. The molecule has 4 heteroatoms. The summed E-state index contributed by atoms with van der Waals surface area (Å²) in [5.41, 5.74) is 2.98. The molecule has 3 heterocycles. The first kappa shape index (κ1) is 12.6. The topological polar surface area (TPSA) is 43.9 Å². The molecule has 0 saturated carbocycles. The predicted molar refractivity (Wildman–Crippen MR) is 86.5 cm³/mol. The van der Waals surface area contributed by atoms with Gasteiger partial charge in [-0.1, -0.05) is 18.2 Å². The molecule has 0 aliphatic heterocycles. The van der Waals surface area contributed by atoms with Crippen molar-refractivity contribution in [2.24, 2.45) is 0 Å². The lowest BCUT2D eigenvalue weighted by atomic mass is 10.3. The van der Waals surface area contributed by atoms with Crippen molar-refractivity contribution < 1.29 is 4.42 Å². The van der Waals surface area contributed by atoms with E-state index in [2.05, 4.69) is 4.98 Å². The average molecular weight is 287 g/mol. The second kappa shape index (κ2) is 5.33. The first-order valence-corrected chi connectivity index (χ1v) is 7.01. The van der Waals surface area contributed by atoms with Crippen molar-refractivity contribution in [2.45, 2.75) is 0 Å². The van der Waals surface area contributed by atoms with Gasteiger partial charge in [0.05, 0.1) is 23.6 Å². The molecule has 0 amide bonds. The van der Waals surface area contributed by atoms with Crippen molar-refractivity contribution in [2.75, 3.05) is 0 Å². The molecule has 0 aliphatic carbocycles. The fourth-order valence-corrected chi connectivity index (χ4v) is 2.42. The summed E-state index contributed by atoms with van der Waals surface area (Å²) in [6.45, 7) is 0. The van der Waals surface area contributed by atoms with Gasteiger partial charge in [0, 0.05) is 11.8 Å². The second-order valence-corrected chi connectivity index (χ2v) is 4.87. The van der Waals surface area contributed by atoms with E-state index in [9.17, 15) is 0 Å². The number of rotatable bonds is 3. The van der Waals surface area contributed by atoms with Crippen molar-refractivity contribution in [1.29, 1.82) is 0 Å². The van der Waals surface area contributed by atoms with Crippen LogP contribution in [0.3, 0.4) is 0 Å². The molecule has 3 aromatic heterocycles. The molecule has 0 N–H and O–H groups in total. The maximum atomic E-state index is 5.09. The molecule has 0 saturated heterocycles. The van der Waals surface area contributed by atoms with Gasteiger partial charge in [0.15, 0.2) is 0 Å². The van der Waals surface area contributed by atoms with E-state index in [0.29, 0.717) is 0 Å². The highest BCUT2D eigenvalue weighted by Crippen LogP contribution is 2.21. The molecule has 0 atom stereocenters. The number of pyridine rings is 1.